The van der Waals surface area contributed by atoms with Gasteiger partial charge < -0.3 is 20.1 Å². The third kappa shape index (κ3) is 6.32. The minimum absolute atomic E-state index is 0.0950. The number of aromatic nitrogens is 2. The highest BCUT2D eigenvalue weighted by molar-refractivity contribution is 5.94. The van der Waals surface area contributed by atoms with Gasteiger partial charge in [0.2, 0.25) is 0 Å². The Balaban J connectivity index is 1.28. The van der Waals surface area contributed by atoms with Crippen LogP contribution in [0.2, 0.25) is 0 Å². The smallest absolute Gasteiger partial charge is 0.321 e. The predicted molar refractivity (Wildman–Crippen MR) is 134 cm³/mol. The van der Waals surface area contributed by atoms with Crippen LogP contribution < -0.4 is 10.6 Å². The minimum atomic E-state index is -0.363. The zero-order valence-corrected chi connectivity index (χ0v) is 20.0. The maximum Gasteiger partial charge on any atom is 0.321 e. The minimum Gasteiger partial charge on any atom is -0.348 e. The lowest BCUT2D eigenvalue weighted by Gasteiger charge is -2.17. The first-order valence-corrected chi connectivity index (χ1v) is 11.4. The van der Waals surface area contributed by atoms with E-state index in [1.165, 1.54) is 6.07 Å². The largest absolute Gasteiger partial charge is 0.348 e. The van der Waals surface area contributed by atoms with Gasteiger partial charge in [-0.05, 0) is 49.4 Å². The lowest BCUT2D eigenvalue weighted by atomic mass is 10.1. The molecule has 0 saturated heterocycles. The van der Waals surface area contributed by atoms with E-state index in [1.54, 1.807) is 54.4 Å². The van der Waals surface area contributed by atoms with Crippen molar-refractivity contribution >= 4 is 17.6 Å². The van der Waals surface area contributed by atoms with E-state index in [0.717, 1.165) is 11.3 Å². The van der Waals surface area contributed by atoms with E-state index in [-0.39, 0.29) is 24.3 Å². The summed E-state index contributed by atoms with van der Waals surface area (Å²) in [6, 6.07) is 20.3. The molecule has 0 atom stereocenters. The van der Waals surface area contributed by atoms with Crippen molar-refractivity contribution < 1.29 is 18.5 Å². The molecule has 0 bridgehead atoms. The molecular formula is C27H26FN5O3. The van der Waals surface area contributed by atoms with E-state index in [1.807, 2.05) is 31.2 Å². The Labute approximate surface area is 208 Å². The second kappa shape index (κ2) is 11.3. The van der Waals surface area contributed by atoms with Crippen molar-refractivity contribution in [3.63, 3.8) is 0 Å². The topological polar surface area (TPSA) is 100 Å². The molecular weight excluding hydrogens is 461 g/mol. The predicted octanol–water partition coefficient (Wildman–Crippen LogP) is 4.82. The highest BCUT2D eigenvalue weighted by Gasteiger charge is 2.14. The number of hydrogen-bond acceptors (Lipinski definition) is 5. The van der Waals surface area contributed by atoms with Gasteiger partial charge >= 0.3 is 6.03 Å². The second-order valence-corrected chi connectivity index (χ2v) is 8.33. The van der Waals surface area contributed by atoms with Gasteiger partial charge in [0, 0.05) is 48.9 Å². The molecule has 36 heavy (non-hydrogen) atoms. The van der Waals surface area contributed by atoms with E-state index in [2.05, 4.69) is 20.8 Å². The van der Waals surface area contributed by atoms with Crippen LogP contribution in [0.5, 0.6) is 0 Å². The average molecular weight is 488 g/mol. The summed E-state index contributed by atoms with van der Waals surface area (Å²) in [6.07, 6.45) is 0.415. The highest BCUT2D eigenvalue weighted by atomic mass is 19.1. The number of benzene rings is 3. The number of carbonyl (C=O) groups excluding carboxylic acids is 2. The Kier molecular flexibility index (Phi) is 7.69. The van der Waals surface area contributed by atoms with Crippen LogP contribution >= 0.6 is 0 Å². The summed E-state index contributed by atoms with van der Waals surface area (Å²) in [7, 11) is 1.69. The third-order valence-electron chi connectivity index (χ3n) is 5.58. The van der Waals surface area contributed by atoms with Gasteiger partial charge in [-0.2, -0.15) is 4.98 Å². The van der Waals surface area contributed by atoms with E-state index < -0.39 is 0 Å². The summed E-state index contributed by atoms with van der Waals surface area (Å²) < 4.78 is 19.1. The number of carbonyl (C=O) groups is 2. The molecule has 0 radical (unpaired) electrons. The molecule has 2 N–H and O–H groups in total. The summed E-state index contributed by atoms with van der Waals surface area (Å²) in [5, 5.41) is 9.54. The summed E-state index contributed by atoms with van der Waals surface area (Å²) in [5.74, 6) is 0.100. The molecule has 4 aromatic rings. The molecule has 0 aliphatic carbocycles. The van der Waals surface area contributed by atoms with E-state index in [0.29, 0.717) is 41.4 Å². The van der Waals surface area contributed by atoms with Crippen LogP contribution in [-0.4, -0.2) is 40.6 Å². The van der Waals surface area contributed by atoms with Gasteiger partial charge in [0.25, 0.3) is 11.8 Å². The fraction of sp³-hybridized carbons (Fsp3) is 0.185. The van der Waals surface area contributed by atoms with Gasteiger partial charge in [0.15, 0.2) is 5.82 Å². The van der Waals surface area contributed by atoms with Crippen molar-refractivity contribution in [2.24, 2.45) is 0 Å². The van der Waals surface area contributed by atoms with Crippen LogP contribution in [0.1, 0.15) is 27.3 Å². The fourth-order valence-electron chi connectivity index (χ4n) is 3.38. The molecule has 0 aliphatic heterocycles. The van der Waals surface area contributed by atoms with Crippen LogP contribution in [0, 0.1) is 12.7 Å². The third-order valence-corrected chi connectivity index (χ3v) is 5.58. The molecule has 184 valence electrons. The van der Waals surface area contributed by atoms with E-state index >= 15 is 0 Å². The van der Waals surface area contributed by atoms with Crippen LogP contribution in [0.15, 0.2) is 77.3 Å². The van der Waals surface area contributed by atoms with Gasteiger partial charge in [-0.15, -0.1) is 0 Å². The first kappa shape index (κ1) is 24.6. The number of anilines is 1. The van der Waals surface area contributed by atoms with Crippen molar-refractivity contribution in [2.45, 2.75) is 19.9 Å². The number of rotatable bonds is 8. The number of halogens is 1. The van der Waals surface area contributed by atoms with Crippen molar-refractivity contribution in [3.05, 3.63) is 101 Å². The summed E-state index contributed by atoms with van der Waals surface area (Å²) >= 11 is 0. The van der Waals surface area contributed by atoms with Crippen molar-refractivity contribution in [3.8, 4) is 11.5 Å². The molecule has 9 heteroatoms. The Hall–Kier alpha value is -4.53. The van der Waals surface area contributed by atoms with Gasteiger partial charge in [0.05, 0.1) is 0 Å². The number of hydrogen-bond donors (Lipinski definition) is 2. The first-order valence-electron chi connectivity index (χ1n) is 11.4. The fourth-order valence-corrected chi connectivity index (χ4v) is 3.38. The maximum absolute atomic E-state index is 13.7. The van der Waals surface area contributed by atoms with Crippen molar-refractivity contribution in [2.75, 3.05) is 18.9 Å². The van der Waals surface area contributed by atoms with E-state index in [4.69, 9.17) is 4.52 Å². The molecule has 4 rings (SSSR count). The number of nitrogens with one attached hydrogen (secondary N) is 2. The molecule has 3 amide bonds. The maximum atomic E-state index is 13.7. The second-order valence-electron chi connectivity index (χ2n) is 8.33. The highest BCUT2D eigenvalue weighted by Crippen LogP contribution is 2.18. The molecule has 0 spiro atoms. The molecule has 3 aromatic carbocycles. The Bertz CT molecular complexity index is 1340. The standard InChI is InChI=1S/C27H26FN5O3/c1-18-7-13-22(14-8-18)30-27(35)33(2)16-15-24-31-26(36-32-24)20-11-9-19(10-12-20)25(34)29-17-21-5-3-4-6-23(21)28/h3-14H,15-17H2,1-2H3,(H,29,34)(H,30,35). The molecule has 1 aromatic heterocycles. The molecule has 8 nitrogen and oxygen atoms in total. The number of likely N-dealkylation sites (N-methyl/N-ethyl adjacent to an activating group) is 1. The number of amides is 3. The van der Waals surface area contributed by atoms with Crippen molar-refractivity contribution in [1.29, 1.82) is 0 Å². The average Bonchev–Trinajstić information content (AvgIpc) is 3.37. The molecule has 0 saturated carbocycles. The zero-order chi connectivity index (χ0) is 25.5. The van der Waals surface area contributed by atoms with Crippen LogP contribution in [0.3, 0.4) is 0 Å². The van der Waals surface area contributed by atoms with Gasteiger partial charge in [-0.1, -0.05) is 41.1 Å². The SMILES string of the molecule is Cc1ccc(NC(=O)N(C)CCc2noc(-c3ccc(C(=O)NCc4ccccc4F)cc3)n2)cc1. The Morgan fingerprint density at radius 2 is 1.72 bits per heavy atom. The summed E-state index contributed by atoms with van der Waals surface area (Å²) in [6.45, 7) is 2.48. The Morgan fingerprint density at radius 1 is 1.00 bits per heavy atom. The van der Waals surface area contributed by atoms with E-state index in [9.17, 15) is 14.0 Å². The molecule has 0 unspecified atom stereocenters. The lowest BCUT2D eigenvalue weighted by Crippen LogP contribution is -2.33. The monoisotopic (exact) mass is 487 g/mol. The number of nitrogens with zero attached hydrogens (tertiary/aromatic N) is 3. The van der Waals surface area contributed by atoms with Gasteiger partial charge in [0.1, 0.15) is 5.82 Å². The number of urea groups is 1. The number of aryl methyl sites for hydroxylation is 1. The van der Waals surface area contributed by atoms with Gasteiger partial charge in [-0.3, -0.25) is 4.79 Å². The van der Waals surface area contributed by atoms with Crippen molar-refractivity contribution in [1.82, 2.24) is 20.4 Å². The zero-order valence-electron chi connectivity index (χ0n) is 20.0. The van der Waals surface area contributed by atoms with Crippen LogP contribution in [-0.2, 0) is 13.0 Å². The summed E-state index contributed by atoms with van der Waals surface area (Å²) in [4.78, 5) is 30.7. The lowest BCUT2D eigenvalue weighted by molar-refractivity contribution is 0.0950. The summed E-state index contributed by atoms with van der Waals surface area (Å²) in [5.41, 5.74) is 3.34. The van der Waals surface area contributed by atoms with Crippen LogP contribution in [0.25, 0.3) is 11.5 Å². The van der Waals surface area contributed by atoms with Crippen LogP contribution in [0.4, 0.5) is 14.9 Å². The quantitative estimate of drug-likeness (QED) is 0.371. The molecule has 0 fully saturated rings. The molecule has 0 aliphatic rings. The normalized spacial score (nSPS) is 10.6. The Morgan fingerprint density at radius 3 is 2.44 bits per heavy atom. The first-order chi connectivity index (χ1) is 17.4. The van der Waals surface area contributed by atoms with Gasteiger partial charge in [-0.25, -0.2) is 9.18 Å². The molecule has 1 heterocycles.